The summed E-state index contributed by atoms with van der Waals surface area (Å²) in [6.07, 6.45) is 1.02. The van der Waals surface area contributed by atoms with Crippen molar-refractivity contribution < 1.29 is 14.9 Å². The normalized spacial score (nSPS) is 14.6. The molecule has 0 heterocycles. The maximum atomic E-state index is 10.0. The summed E-state index contributed by atoms with van der Waals surface area (Å²) in [5.41, 5.74) is 6.78. The van der Waals surface area contributed by atoms with E-state index in [1.165, 1.54) is 13.2 Å². The SMILES string of the molecule is COc1cc([C@H](N)[C@H](O)CCC(C)C)ccc1O. The van der Waals surface area contributed by atoms with Gasteiger partial charge in [-0.15, -0.1) is 0 Å². The highest BCUT2D eigenvalue weighted by molar-refractivity contribution is 5.42. The number of methoxy groups -OCH3 is 1. The topological polar surface area (TPSA) is 75.7 Å². The molecule has 0 fully saturated rings. The molecule has 0 aliphatic rings. The van der Waals surface area contributed by atoms with Crippen molar-refractivity contribution in [2.75, 3.05) is 7.11 Å². The van der Waals surface area contributed by atoms with Crippen LogP contribution in [0.15, 0.2) is 18.2 Å². The third kappa shape index (κ3) is 3.89. The molecular weight excluding hydrogens is 230 g/mol. The van der Waals surface area contributed by atoms with E-state index in [1.807, 2.05) is 0 Å². The third-order valence-corrected chi connectivity index (χ3v) is 3.04. The lowest BCUT2D eigenvalue weighted by atomic mass is 9.96. The smallest absolute Gasteiger partial charge is 0.160 e. The molecule has 0 bridgehead atoms. The van der Waals surface area contributed by atoms with Gasteiger partial charge in [0.15, 0.2) is 11.5 Å². The molecule has 102 valence electrons. The van der Waals surface area contributed by atoms with Crippen LogP contribution in [0.4, 0.5) is 0 Å². The molecule has 18 heavy (non-hydrogen) atoms. The molecule has 0 unspecified atom stereocenters. The van der Waals surface area contributed by atoms with Crippen LogP contribution in [0.5, 0.6) is 11.5 Å². The predicted octanol–water partition coefficient (Wildman–Crippen LogP) is 2.20. The van der Waals surface area contributed by atoms with Gasteiger partial charge in [-0.3, -0.25) is 0 Å². The number of benzene rings is 1. The zero-order valence-electron chi connectivity index (χ0n) is 11.3. The van der Waals surface area contributed by atoms with Crippen molar-refractivity contribution in [1.29, 1.82) is 0 Å². The fourth-order valence-corrected chi connectivity index (χ4v) is 1.81. The van der Waals surface area contributed by atoms with Gasteiger partial charge in [0, 0.05) is 0 Å². The molecule has 0 aliphatic carbocycles. The van der Waals surface area contributed by atoms with Gasteiger partial charge in [-0.1, -0.05) is 19.9 Å². The molecule has 0 aromatic heterocycles. The van der Waals surface area contributed by atoms with Crippen molar-refractivity contribution in [2.45, 2.75) is 38.8 Å². The van der Waals surface area contributed by atoms with Crippen molar-refractivity contribution in [1.82, 2.24) is 0 Å². The monoisotopic (exact) mass is 253 g/mol. The van der Waals surface area contributed by atoms with Crippen LogP contribution in [0.25, 0.3) is 0 Å². The van der Waals surface area contributed by atoms with Gasteiger partial charge in [0.2, 0.25) is 0 Å². The summed E-state index contributed by atoms with van der Waals surface area (Å²) in [5.74, 6) is 0.991. The Labute approximate surface area is 108 Å². The van der Waals surface area contributed by atoms with Crippen LogP contribution < -0.4 is 10.5 Å². The number of phenolic OH excluding ortho intramolecular Hbond substituents is 1. The number of ether oxygens (including phenoxy) is 1. The Bertz CT molecular complexity index is 379. The van der Waals surface area contributed by atoms with E-state index in [-0.39, 0.29) is 5.75 Å². The van der Waals surface area contributed by atoms with Crippen LogP contribution in [0, 0.1) is 5.92 Å². The summed E-state index contributed by atoms with van der Waals surface area (Å²) in [6, 6.07) is 4.45. The lowest BCUT2D eigenvalue weighted by molar-refractivity contribution is 0.128. The molecule has 0 spiro atoms. The van der Waals surface area contributed by atoms with Crippen LogP contribution in [0.3, 0.4) is 0 Å². The number of hydrogen-bond donors (Lipinski definition) is 3. The Morgan fingerprint density at radius 2 is 1.94 bits per heavy atom. The van der Waals surface area contributed by atoms with Crippen LogP contribution in [-0.2, 0) is 0 Å². The van der Waals surface area contributed by atoms with Crippen LogP contribution in [0.1, 0.15) is 38.3 Å². The van der Waals surface area contributed by atoms with Gasteiger partial charge in [0.1, 0.15) is 0 Å². The maximum absolute atomic E-state index is 10.0. The minimum Gasteiger partial charge on any atom is -0.504 e. The summed E-state index contributed by atoms with van der Waals surface area (Å²) in [5, 5.41) is 19.5. The average Bonchev–Trinajstić information content (AvgIpc) is 2.35. The van der Waals surface area contributed by atoms with Crippen LogP contribution in [0.2, 0.25) is 0 Å². The average molecular weight is 253 g/mol. The molecule has 1 rings (SSSR count). The molecule has 4 nitrogen and oxygen atoms in total. The number of aliphatic hydroxyl groups is 1. The maximum Gasteiger partial charge on any atom is 0.160 e. The Hall–Kier alpha value is -1.26. The van der Waals surface area contributed by atoms with Gasteiger partial charge in [0.25, 0.3) is 0 Å². The fourth-order valence-electron chi connectivity index (χ4n) is 1.81. The van der Waals surface area contributed by atoms with E-state index in [9.17, 15) is 10.2 Å². The van der Waals surface area contributed by atoms with Crippen molar-refractivity contribution in [3.8, 4) is 11.5 Å². The van der Waals surface area contributed by atoms with Crippen molar-refractivity contribution in [2.24, 2.45) is 11.7 Å². The van der Waals surface area contributed by atoms with Gasteiger partial charge in [-0.25, -0.2) is 0 Å². The summed E-state index contributed by atoms with van der Waals surface area (Å²) in [7, 11) is 1.49. The molecule has 1 aromatic carbocycles. The molecular formula is C14H23NO3. The van der Waals surface area contributed by atoms with Gasteiger partial charge in [-0.05, 0) is 36.5 Å². The number of nitrogens with two attached hydrogens (primary N) is 1. The Balaban J connectivity index is 2.73. The number of hydrogen-bond acceptors (Lipinski definition) is 4. The van der Waals surface area contributed by atoms with Crippen LogP contribution in [-0.4, -0.2) is 23.4 Å². The number of phenols is 1. The second-order valence-corrected chi connectivity index (χ2v) is 5.00. The summed E-state index contributed by atoms with van der Waals surface area (Å²) in [6.45, 7) is 4.23. The summed E-state index contributed by atoms with van der Waals surface area (Å²) >= 11 is 0. The van der Waals surface area contributed by atoms with E-state index in [4.69, 9.17) is 10.5 Å². The third-order valence-electron chi connectivity index (χ3n) is 3.04. The second-order valence-electron chi connectivity index (χ2n) is 5.00. The summed E-state index contributed by atoms with van der Waals surface area (Å²) in [4.78, 5) is 0. The minimum atomic E-state index is -0.582. The van der Waals surface area contributed by atoms with E-state index < -0.39 is 12.1 Å². The highest BCUT2D eigenvalue weighted by Crippen LogP contribution is 2.30. The summed E-state index contributed by atoms with van der Waals surface area (Å²) < 4.78 is 5.03. The predicted molar refractivity (Wildman–Crippen MR) is 71.7 cm³/mol. The van der Waals surface area contributed by atoms with E-state index >= 15 is 0 Å². The quantitative estimate of drug-likeness (QED) is 0.726. The van der Waals surface area contributed by atoms with Gasteiger partial charge in [0.05, 0.1) is 19.3 Å². The standard InChI is InChI=1S/C14H23NO3/c1-9(2)4-6-12(17)14(15)10-5-7-11(16)13(8-10)18-3/h5,7-9,12,14,16-17H,4,6,15H2,1-3H3/t12-,14+/m1/s1. The first kappa shape index (κ1) is 14.8. The van der Waals surface area contributed by atoms with E-state index in [1.54, 1.807) is 12.1 Å². The van der Waals surface area contributed by atoms with Gasteiger partial charge >= 0.3 is 0 Å². The molecule has 4 N–H and O–H groups in total. The minimum absolute atomic E-state index is 0.0742. The fraction of sp³-hybridized carbons (Fsp3) is 0.571. The van der Waals surface area contributed by atoms with Crippen molar-refractivity contribution in [3.05, 3.63) is 23.8 Å². The molecule has 2 atom stereocenters. The Morgan fingerprint density at radius 1 is 1.28 bits per heavy atom. The highest BCUT2D eigenvalue weighted by Gasteiger charge is 2.18. The molecule has 0 saturated heterocycles. The van der Waals surface area contributed by atoms with Gasteiger partial charge in [-0.2, -0.15) is 0 Å². The Kier molecular flexibility index (Phi) is 5.44. The second kappa shape index (κ2) is 6.61. The molecule has 1 aromatic rings. The lowest BCUT2D eigenvalue weighted by Crippen LogP contribution is -2.26. The molecule has 0 amide bonds. The highest BCUT2D eigenvalue weighted by atomic mass is 16.5. The molecule has 0 saturated carbocycles. The van der Waals surface area contributed by atoms with Gasteiger partial charge < -0.3 is 20.7 Å². The number of aromatic hydroxyl groups is 1. The van der Waals surface area contributed by atoms with Crippen molar-refractivity contribution in [3.63, 3.8) is 0 Å². The number of aliphatic hydroxyl groups excluding tert-OH is 1. The molecule has 0 radical (unpaired) electrons. The van der Waals surface area contributed by atoms with E-state index in [2.05, 4.69) is 13.8 Å². The number of rotatable bonds is 6. The van der Waals surface area contributed by atoms with E-state index in [0.717, 1.165) is 12.0 Å². The largest absolute Gasteiger partial charge is 0.504 e. The molecule has 4 heteroatoms. The zero-order chi connectivity index (χ0) is 13.7. The van der Waals surface area contributed by atoms with E-state index in [0.29, 0.717) is 18.1 Å². The first-order valence-electron chi connectivity index (χ1n) is 6.26. The first-order chi connectivity index (χ1) is 8.45. The molecule has 0 aliphatic heterocycles. The zero-order valence-corrected chi connectivity index (χ0v) is 11.3. The first-order valence-corrected chi connectivity index (χ1v) is 6.26. The lowest BCUT2D eigenvalue weighted by Gasteiger charge is -2.20. The van der Waals surface area contributed by atoms with Crippen LogP contribution >= 0.6 is 0 Å². The van der Waals surface area contributed by atoms with Crippen molar-refractivity contribution >= 4 is 0 Å². The Morgan fingerprint density at radius 3 is 2.50 bits per heavy atom.